The van der Waals surface area contributed by atoms with Crippen molar-refractivity contribution in [2.45, 2.75) is 39.7 Å². The van der Waals surface area contributed by atoms with Gasteiger partial charge in [-0.15, -0.1) is 0 Å². The zero-order valence-corrected chi connectivity index (χ0v) is 11.8. The van der Waals surface area contributed by atoms with E-state index in [2.05, 4.69) is 37.8 Å². The molecule has 1 saturated heterocycles. The molecule has 1 rings (SSSR count). The molecule has 1 fully saturated rings. The maximum Gasteiger partial charge on any atom is 0.0469 e. The van der Waals surface area contributed by atoms with E-state index in [4.69, 9.17) is 4.74 Å². The fourth-order valence-corrected chi connectivity index (χ4v) is 3.42. The first-order valence-corrected chi connectivity index (χ1v) is 7.78. The molecule has 0 spiro atoms. The van der Waals surface area contributed by atoms with E-state index in [1.54, 1.807) is 0 Å². The van der Waals surface area contributed by atoms with Gasteiger partial charge in [-0.25, -0.2) is 0 Å². The molecule has 16 heavy (non-hydrogen) atoms. The summed E-state index contributed by atoms with van der Waals surface area (Å²) >= 11 is 2.10. The summed E-state index contributed by atoms with van der Waals surface area (Å²) in [5, 5.41) is 3.65. The van der Waals surface area contributed by atoms with E-state index in [0.29, 0.717) is 6.04 Å². The number of ether oxygens (including phenoxy) is 1. The van der Waals surface area contributed by atoms with Crippen molar-refractivity contribution in [2.24, 2.45) is 11.8 Å². The highest BCUT2D eigenvalue weighted by Gasteiger charge is 2.23. The molecule has 0 aromatic rings. The Bertz CT molecular complexity index is 169. The Morgan fingerprint density at radius 1 is 1.25 bits per heavy atom. The minimum absolute atomic E-state index is 0.692. The molecule has 0 bridgehead atoms. The first-order valence-electron chi connectivity index (χ1n) is 6.63. The van der Waals surface area contributed by atoms with Crippen LogP contribution in [0, 0.1) is 11.8 Å². The summed E-state index contributed by atoms with van der Waals surface area (Å²) in [5.41, 5.74) is 0. The van der Waals surface area contributed by atoms with Crippen LogP contribution in [0.4, 0.5) is 0 Å². The zero-order chi connectivity index (χ0) is 11.8. The summed E-state index contributed by atoms with van der Waals surface area (Å²) in [6.45, 7) is 9.81. The van der Waals surface area contributed by atoms with Gasteiger partial charge in [0, 0.05) is 25.0 Å². The Hall–Kier alpha value is 0.270. The van der Waals surface area contributed by atoms with E-state index in [-0.39, 0.29) is 0 Å². The van der Waals surface area contributed by atoms with Crippen molar-refractivity contribution in [3.8, 4) is 0 Å². The van der Waals surface area contributed by atoms with E-state index in [1.807, 2.05) is 0 Å². The molecule has 0 amide bonds. The third-order valence-corrected chi connectivity index (χ3v) is 4.55. The number of hydrogen-bond donors (Lipinski definition) is 1. The SMILES string of the molecule is CCNC(CSCC(C)C)C1CCOCC1. The average Bonchev–Trinajstić information content (AvgIpc) is 2.29. The van der Waals surface area contributed by atoms with Gasteiger partial charge in [-0.1, -0.05) is 20.8 Å². The van der Waals surface area contributed by atoms with Crippen LogP contribution in [0.15, 0.2) is 0 Å². The van der Waals surface area contributed by atoms with Gasteiger partial charge < -0.3 is 10.1 Å². The van der Waals surface area contributed by atoms with Crippen molar-refractivity contribution >= 4 is 11.8 Å². The minimum Gasteiger partial charge on any atom is -0.381 e. The molecule has 1 N–H and O–H groups in total. The molecule has 2 nitrogen and oxygen atoms in total. The molecule has 1 heterocycles. The number of nitrogens with one attached hydrogen (secondary N) is 1. The number of hydrogen-bond acceptors (Lipinski definition) is 3. The third kappa shape index (κ3) is 5.55. The standard InChI is InChI=1S/C13H27NOS/c1-4-14-13(10-16-9-11(2)3)12-5-7-15-8-6-12/h11-14H,4-10H2,1-3H3. The molecule has 0 radical (unpaired) electrons. The largest absolute Gasteiger partial charge is 0.381 e. The van der Waals surface area contributed by atoms with Gasteiger partial charge in [0.05, 0.1) is 0 Å². The van der Waals surface area contributed by atoms with Gasteiger partial charge in [-0.2, -0.15) is 11.8 Å². The van der Waals surface area contributed by atoms with Gasteiger partial charge in [0.1, 0.15) is 0 Å². The third-order valence-electron chi connectivity index (χ3n) is 3.05. The Balaban J connectivity index is 2.27. The highest BCUT2D eigenvalue weighted by Crippen LogP contribution is 2.22. The lowest BCUT2D eigenvalue weighted by Crippen LogP contribution is -2.41. The van der Waals surface area contributed by atoms with Crippen molar-refractivity contribution in [2.75, 3.05) is 31.3 Å². The summed E-state index contributed by atoms with van der Waals surface area (Å²) in [6, 6.07) is 0.692. The first-order chi connectivity index (χ1) is 7.74. The second-order valence-corrected chi connectivity index (χ2v) is 6.12. The van der Waals surface area contributed by atoms with Crippen LogP contribution in [0.3, 0.4) is 0 Å². The summed E-state index contributed by atoms with van der Waals surface area (Å²) in [6.07, 6.45) is 2.47. The first kappa shape index (κ1) is 14.3. The average molecular weight is 245 g/mol. The molecule has 0 aliphatic carbocycles. The Labute approximate surface area is 105 Å². The van der Waals surface area contributed by atoms with Crippen molar-refractivity contribution in [1.82, 2.24) is 5.32 Å². The highest BCUT2D eigenvalue weighted by molar-refractivity contribution is 7.99. The van der Waals surface area contributed by atoms with Crippen LogP contribution >= 0.6 is 11.8 Å². The predicted octanol–water partition coefficient (Wildman–Crippen LogP) is 2.78. The van der Waals surface area contributed by atoms with Gasteiger partial charge in [-0.05, 0) is 37.0 Å². The van der Waals surface area contributed by atoms with E-state index >= 15 is 0 Å². The topological polar surface area (TPSA) is 21.3 Å². The molecule has 0 aromatic heterocycles. The smallest absolute Gasteiger partial charge is 0.0469 e. The molecule has 3 heteroatoms. The summed E-state index contributed by atoms with van der Waals surface area (Å²) in [7, 11) is 0. The Morgan fingerprint density at radius 3 is 2.50 bits per heavy atom. The highest BCUT2D eigenvalue weighted by atomic mass is 32.2. The monoisotopic (exact) mass is 245 g/mol. The maximum absolute atomic E-state index is 5.44. The second kappa shape index (κ2) is 8.37. The van der Waals surface area contributed by atoms with Crippen molar-refractivity contribution in [3.63, 3.8) is 0 Å². The van der Waals surface area contributed by atoms with Crippen LogP contribution in [0.2, 0.25) is 0 Å². The van der Waals surface area contributed by atoms with Crippen molar-refractivity contribution < 1.29 is 4.74 Å². The van der Waals surface area contributed by atoms with Gasteiger partial charge in [-0.3, -0.25) is 0 Å². The van der Waals surface area contributed by atoms with Crippen molar-refractivity contribution in [3.05, 3.63) is 0 Å². The fourth-order valence-electron chi connectivity index (χ4n) is 2.17. The maximum atomic E-state index is 5.44. The van der Waals surface area contributed by atoms with Crippen LogP contribution < -0.4 is 5.32 Å². The van der Waals surface area contributed by atoms with Crippen LogP contribution in [-0.4, -0.2) is 37.3 Å². The molecule has 96 valence electrons. The zero-order valence-electron chi connectivity index (χ0n) is 11.0. The molecule has 1 atom stereocenters. The molecular weight excluding hydrogens is 218 g/mol. The lowest BCUT2D eigenvalue weighted by Gasteiger charge is -2.30. The van der Waals surface area contributed by atoms with E-state index in [9.17, 15) is 0 Å². The van der Waals surface area contributed by atoms with Crippen LogP contribution in [-0.2, 0) is 4.74 Å². The molecule has 1 unspecified atom stereocenters. The normalized spacial score (nSPS) is 20.2. The number of rotatable bonds is 7. The quantitative estimate of drug-likeness (QED) is 0.745. The van der Waals surface area contributed by atoms with Crippen molar-refractivity contribution in [1.29, 1.82) is 0 Å². The lowest BCUT2D eigenvalue weighted by atomic mass is 9.93. The summed E-state index contributed by atoms with van der Waals surface area (Å²) < 4.78 is 5.44. The van der Waals surface area contributed by atoms with E-state index in [0.717, 1.165) is 31.6 Å². The number of thioether (sulfide) groups is 1. The van der Waals surface area contributed by atoms with Crippen LogP contribution in [0.5, 0.6) is 0 Å². The van der Waals surface area contributed by atoms with E-state index in [1.165, 1.54) is 24.3 Å². The molecule has 1 aliphatic rings. The second-order valence-electron chi connectivity index (χ2n) is 5.05. The van der Waals surface area contributed by atoms with Gasteiger partial charge in [0.15, 0.2) is 0 Å². The molecular formula is C13H27NOS. The summed E-state index contributed by atoms with van der Waals surface area (Å²) in [4.78, 5) is 0. The fraction of sp³-hybridized carbons (Fsp3) is 1.00. The lowest BCUT2D eigenvalue weighted by molar-refractivity contribution is 0.0568. The summed E-state index contributed by atoms with van der Waals surface area (Å²) in [5.74, 6) is 4.18. The minimum atomic E-state index is 0.692. The Morgan fingerprint density at radius 2 is 1.94 bits per heavy atom. The Kier molecular flexibility index (Phi) is 7.50. The molecule has 0 saturated carbocycles. The van der Waals surface area contributed by atoms with E-state index < -0.39 is 0 Å². The van der Waals surface area contributed by atoms with Crippen LogP contribution in [0.25, 0.3) is 0 Å². The molecule has 1 aliphatic heterocycles. The predicted molar refractivity (Wildman–Crippen MR) is 73.2 cm³/mol. The molecule has 0 aromatic carbocycles. The van der Waals surface area contributed by atoms with Gasteiger partial charge >= 0.3 is 0 Å². The van der Waals surface area contributed by atoms with Crippen LogP contribution in [0.1, 0.15) is 33.6 Å². The van der Waals surface area contributed by atoms with Gasteiger partial charge in [0.2, 0.25) is 0 Å². The van der Waals surface area contributed by atoms with Gasteiger partial charge in [0.25, 0.3) is 0 Å².